The minimum Gasteiger partial charge on any atom is -0.495 e. The molecule has 0 aliphatic carbocycles. The summed E-state index contributed by atoms with van der Waals surface area (Å²) in [6.07, 6.45) is 0. The van der Waals surface area contributed by atoms with E-state index in [-0.39, 0.29) is 15.5 Å². The van der Waals surface area contributed by atoms with Crippen LogP contribution in [0.2, 0.25) is 0 Å². The molecule has 7 nitrogen and oxygen atoms in total. The molecule has 3 aromatic rings. The molecule has 0 heterocycles. The van der Waals surface area contributed by atoms with Gasteiger partial charge in [0.05, 0.1) is 18.0 Å². The normalized spacial score (nSPS) is 12.3. The Labute approximate surface area is 183 Å². The lowest BCUT2D eigenvalue weighted by Crippen LogP contribution is -2.32. The zero-order valence-electron chi connectivity index (χ0n) is 17.4. The third-order valence-electron chi connectivity index (χ3n) is 4.96. The number of ether oxygens (including phenoxy) is 1. The van der Waals surface area contributed by atoms with Gasteiger partial charge in [0.15, 0.2) is 0 Å². The highest BCUT2D eigenvalue weighted by molar-refractivity contribution is 7.90. The van der Waals surface area contributed by atoms with Gasteiger partial charge in [-0.1, -0.05) is 60.7 Å². The Morgan fingerprint density at radius 3 is 1.81 bits per heavy atom. The first-order valence-electron chi connectivity index (χ1n) is 9.42. The van der Waals surface area contributed by atoms with Crippen molar-refractivity contribution in [1.82, 2.24) is 9.03 Å². The van der Waals surface area contributed by atoms with Crippen LogP contribution >= 0.6 is 0 Å². The average Bonchev–Trinajstić information content (AvgIpc) is 2.80. The summed E-state index contributed by atoms with van der Waals surface area (Å²) >= 11 is 0. The smallest absolute Gasteiger partial charge is 0.244 e. The van der Waals surface area contributed by atoms with Gasteiger partial charge in [-0.3, -0.25) is 0 Å². The van der Waals surface area contributed by atoms with Crippen LogP contribution in [0.5, 0.6) is 5.75 Å². The van der Waals surface area contributed by atoms with Gasteiger partial charge in [0.1, 0.15) is 10.6 Å². The van der Waals surface area contributed by atoms with Crippen LogP contribution in [0.25, 0.3) is 0 Å². The van der Waals surface area contributed by atoms with E-state index in [1.165, 1.54) is 37.6 Å². The zero-order chi connectivity index (χ0) is 22.6. The first kappa shape index (κ1) is 23.0. The summed E-state index contributed by atoms with van der Waals surface area (Å²) in [6, 6.07) is 21.7. The fourth-order valence-corrected chi connectivity index (χ4v) is 5.68. The summed E-state index contributed by atoms with van der Waals surface area (Å²) < 4.78 is 60.5. The van der Waals surface area contributed by atoms with Gasteiger partial charge >= 0.3 is 0 Å². The number of hydrogen-bond acceptors (Lipinski definition) is 5. The van der Waals surface area contributed by atoms with Gasteiger partial charge in [0.25, 0.3) is 0 Å². The predicted octanol–water partition coefficient (Wildman–Crippen LogP) is 3.01. The highest BCUT2D eigenvalue weighted by Gasteiger charge is 2.32. The van der Waals surface area contributed by atoms with Crippen molar-refractivity contribution in [1.29, 1.82) is 0 Å². The van der Waals surface area contributed by atoms with Crippen molar-refractivity contribution in [3.63, 3.8) is 0 Å². The Hall–Kier alpha value is -2.72. The quantitative estimate of drug-likeness (QED) is 0.558. The number of hydrogen-bond donors (Lipinski definition) is 1. The van der Waals surface area contributed by atoms with Crippen LogP contribution in [0.15, 0.2) is 88.7 Å². The van der Waals surface area contributed by atoms with Crippen LogP contribution in [0.3, 0.4) is 0 Å². The number of sulfonamides is 2. The second kappa shape index (κ2) is 9.19. The van der Waals surface area contributed by atoms with Crippen LogP contribution < -0.4 is 9.46 Å². The van der Waals surface area contributed by atoms with Crippen molar-refractivity contribution in [3.8, 4) is 5.75 Å². The second-order valence-electron chi connectivity index (χ2n) is 6.77. The van der Waals surface area contributed by atoms with Gasteiger partial charge in [-0.05, 0) is 36.4 Å². The molecular formula is C22H24N2O5S2. The second-order valence-corrected chi connectivity index (χ2v) is 10.6. The first-order chi connectivity index (χ1) is 14.7. The number of methoxy groups -OCH3 is 1. The monoisotopic (exact) mass is 460 g/mol. The Balaban J connectivity index is 2.15. The summed E-state index contributed by atoms with van der Waals surface area (Å²) in [4.78, 5) is -0.399. The maximum Gasteiger partial charge on any atom is 0.244 e. The van der Waals surface area contributed by atoms with E-state index in [1.54, 1.807) is 0 Å². The minimum atomic E-state index is -4.06. The molecule has 0 saturated carbocycles. The van der Waals surface area contributed by atoms with Crippen molar-refractivity contribution in [2.75, 3.05) is 21.2 Å². The maximum atomic E-state index is 13.6. The molecule has 3 rings (SSSR count). The molecule has 0 aromatic heterocycles. The van der Waals surface area contributed by atoms with Crippen LogP contribution in [-0.4, -0.2) is 42.3 Å². The van der Waals surface area contributed by atoms with Crippen molar-refractivity contribution in [2.45, 2.75) is 15.8 Å². The lowest BCUT2D eigenvalue weighted by Gasteiger charge is -2.28. The Morgan fingerprint density at radius 2 is 1.35 bits per heavy atom. The molecule has 0 saturated heterocycles. The summed E-state index contributed by atoms with van der Waals surface area (Å²) in [6.45, 7) is 0. The molecule has 31 heavy (non-hydrogen) atoms. The lowest BCUT2D eigenvalue weighted by atomic mass is 9.99. The fourth-order valence-electron chi connectivity index (χ4n) is 3.33. The predicted molar refractivity (Wildman–Crippen MR) is 119 cm³/mol. The van der Waals surface area contributed by atoms with Crippen molar-refractivity contribution in [3.05, 3.63) is 90.0 Å². The summed E-state index contributed by atoms with van der Waals surface area (Å²) in [5.74, 6) is 0.0543. The Bertz CT molecular complexity index is 1210. The molecule has 0 fully saturated rings. The molecule has 0 atom stereocenters. The van der Waals surface area contributed by atoms with E-state index in [2.05, 4.69) is 4.72 Å². The van der Waals surface area contributed by atoms with Crippen molar-refractivity contribution < 1.29 is 21.6 Å². The van der Waals surface area contributed by atoms with E-state index in [9.17, 15) is 16.8 Å². The van der Waals surface area contributed by atoms with E-state index in [0.29, 0.717) is 0 Å². The molecule has 0 spiro atoms. The standard InChI is InChI=1S/C22H24N2O5S2/c1-23-30(25,26)21-16-19(14-15-20(21)29-3)31(27,28)24(2)22(17-10-6-4-7-11-17)18-12-8-5-9-13-18/h4-16,22-23H,1-3H3. The number of nitrogens with one attached hydrogen (secondary N) is 1. The van der Waals surface area contributed by atoms with Gasteiger partial charge in [-0.25, -0.2) is 21.6 Å². The molecule has 1 N–H and O–H groups in total. The zero-order valence-corrected chi connectivity index (χ0v) is 19.0. The van der Waals surface area contributed by atoms with Gasteiger partial charge in [-0.2, -0.15) is 4.31 Å². The maximum absolute atomic E-state index is 13.6. The van der Waals surface area contributed by atoms with Crippen LogP contribution in [0, 0.1) is 0 Å². The molecular weight excluding hydrogens is 436 g/mol. The molecule has 164 valence electrons. The minimum absolute atomic E-state index is 0.0543. The third-order valence-corrected chi connectivity index (χ3v) is 8.22. The summed E-state index contributed by atoms with van der Waals surface area (Å²) in [5, 5.41) is 0. The average molecular weight is 461 g/mol. The highest BCUT2D eigenvalue weighted by Crippen LogP contribution is 2.34. The molecule has 9 heteroatoms. The third kappa shape index (κ3) is 4.64. The van der Waals surface area contributed by atoms with E-state index >= 15 is 0 Å². The number of rotatable bonds is 8. The largest absolute Gasteiger partial charge is 0.495 e. The Kier molecular flexibility index (Phi) is 6.80. The van der Waals surface area contributed by atoms with Crippen LogP contribution in [0.1, 0.15) is 17.2 Å². The molecule has 0 radical (unpaired) electrons. The highest BCUT2D eigenvalue weighted by atomic mass is 32.2. The van der Waals surface area contributed by atoms with E-state index in [0.717, 1.165) is 17.2 Å². The van der Waals surface area contributed by atoms with Crippen molar-refractivity contribution >= 4 is 20.0 Å². The van der Waals surface area contributed by atoms with Crippen LogP contribution in [0.4, 0.5) is 0 Å². The number of nitrogens with zero attached hydrogens (tertiary/aromatic N) is 1. The van der Waals surface area contributed by atoms with E-state index in [1.807, 2.05) is 60.7 Å². The summed E-state index contributed by atoms with van der Waals surface area (Å²) in [5.41, 5.74) is 1.58. The molecule has 0 aliphatic heterocycles. The van der Waals surface area contributed by atoms with Crippen LogP contribution in [-0.2, 0) is 20.0 Å². The van der Waals surface area contributed by atoms with Gasteiger partial charge in [-0.15, -0.1) is 0 Å². The van der Waals surface area contributed by atoms with Gasteiger partial charge < -0.3 is 4.74 Å². The topological polar surface area (TPSA) is 92.8 Å². The molecule has 0 bridgehead atoms. The molecule has 3 aromatic carbocycles. The summed E-state index contributed by atoms with van der Waals surface area (Å²) in [7, 11) is -3.94. The molecule has 0 unspecified atom stereocenters. The van der Waals surface area contributed by atoms with E-state index in [4.69, 9.17) is 4.74 Å². The SMILES string of the molecule is CNS(=O)(=O)c1cc(S(=O)(=O)N(C)C(c2ccccc2)c2ccccc2)ccc1OC. The lowest BCUT2D eigenvalue weighted by molar-refractivity contribution is 0.400. The number of benzene rings is 3. The Morgan fingerprint density at radius 1 is 0.839 bits per heavy atom. The van der Waals surface area contributed by atoms with Gasteiger partial charge in [0.2, 0.25) is 20.0 Å². The van der Waals surface area contributed by atoms with E-state index < -0.39 is 26.1 Å². The molecule has 0 amide bonds. The molecule has 0 aliphatic rings. The van der Waals surface area contributed by atoms with Gasteiger partial charge in [0, 0.05) is 7.05 Å². The van der Waals surface area contributed by atoms with Crippen molar-refractivity contribution in [2.24, 2.45) is 0 Å². The fraction of sp³-hybridized carbons (Fsp3) is 0.182. The first-order valence-corrected chi connectivity index (χ1v) is 12.3.